The monoisotopic (exact) mass is 370 g/mol. The van der Waals surface area contributed by atoms with Crippen LogP contribution in [0.5, 0.6) is 0 Å². The van der Waals surface area contributed by atoms with Crippen molar-refractivity contribution in [1.29, 1.82) is 0 Å². The van der Waals surface area contributed by atoms with Crippen LogP contribution in [0.2, 0.25) is 5.02 Å². The van der Waals surface area contributed by atoms with Crippen molar-refractivity contribution in [1.82, 2.24) is 9.78 Å². The van der Waals surface area contributed by atoms with E-state index >= 15 is 0 Å². The van der Waals surface area contributed by atoms with Crippen LogP contribution in [0, 0.1) is 6.92 Å². The molecule has 0 amide bonds. The second kappa shape index (κ2) is 6.95. The first-order chi connectivity index (χ1) is 9.99. The number of benzene rings is 1. The van der Waals surface area contributed by atoms with Crippen LogP contribution in [-0.2, 0) is 19.4 Å². The zero-order chi connectivity index (χ0) is 15.6. The van der Waals surface area contributed by atoms with Crippen LogP contribution in [0.3, 0.4) is 0 Å². The number of hydrogen-bond acceptors (Lipinski definition) is 2. The lowest BCUT2D eigenvalue weighted by Gasteiger charge is -2.15. The lowest BCUT2D eigenvalue weighted by atomic mass is 10.00. The Kier molecular flexibility index (Phi) is 5.47. The summed E-state index contributed by atoms with van der Waals surface area (Å²) in [5.41, 5.74) is 3.77. The third kappa shape index (κ3) is 3.33. The minimum Gasteiger partial charge on any atom is -0.388 e. The number of rotatable bonds is 5. The Morgan fingerprint density at radius 2 is 2.10 bits per heavy atom. The van der Waals surface area contributed by atoms with Gasteiger partial charge in [-0.2, -0.15) is 5.10 Å². The van der Waals surface area contributed by atoms with Crippen molar-refractivity contribution in [2.45, 2.75) is 46.3 Å². The largest absolute Gasteiger partial charge is 0.388 e. The van der Waals surface area contributed by atoms with Crippen LogP contribution in [-0.4, -0.2) is 14.9 Å². The van der Waals surface area contributed by atoms with E-state index in [9.17, 15) is 5.11 Å². The van der Waals surface area contributed by atoms with Gasteiger partial charge in [-0.1, -0.05) is 46.6 Å². The molecular weight excluding hydrogens is 352 g/mol. The van der Waals surface area contributed by atoms with E-state index in [1.165, 1.54) is 0 Å². The number of aryl methyl sites for hydroxylation is 2. The van der Waals surface area contributed by atoms with E-state index in [4.69, 9.17) is 11.6 Å². The Labute approximate surface area is 139 Å². The number of halogens is 2. The maximum Gasteiger partial charge on any atom is 0.0851 e. The fraction of sp³-hybridized carbons (Fsp3) is 0.438. The molecule has 5 heteroatoms. The van der Waals surface area contributed by atoms with Crippen molar-refractivity contribution in [2.75, 3.05) is 0 Å². The average Bonchev–Trinajstić information content (AvgIpc) is 2.78. The van der Waals surface area contributed by atoms with Gasteiger partial charge in [0.1, 0.15) is 0 Å². The van der Waals surface area contributed by atoms with E-state index < -0.39 is 6.10 Å². The third-order valence-corrected chi connectivity index (χ3v) is 5.04. The Balaban J connectivity index is 2.33. The molecule has 1 aromatic heterocycles. The predicted molar refractivity (Wildman–Crippen MR) is 89.8 cm³/mol. The van der Waals surface area contributed by atoms with Gasteiger partial charge in [0, 0.05) is 17.4 Å². The molecule has 0 aliphatic heterocycles. The molecule has 2 rings (SSSR count). The summed E-state index contributed by atoms with van der Waals surface area (Å²) in [6.45, 7) is 6.81. The molecule has 21 heavy (non-hydrogen) atoms. The molecule has 1 unspecified atom stereocenters. The second-order valence-corrected chi connectivity index (χ2v) is 6.28. The SMILES string of the molecule is CCc1nn(CC)c(CC(O)c2cccc(Br)c2C)c1Cl. The molecular formula is C16H20BrClN2O. The Morgan fingerprint density at radius 3 is 2.71 bits per heavy atom. The van der Waals surface area contributed by atoms with Gasteiger partial charge in [0.25, 0.3) is 0 Å². The molecule has 1 aromatic carbocycles. The summed E-state index contributed by atoms with van der Waals surface area (Å²) in [7, 11) is 0. The standard InChI is InChI=1S/C16H20BrClN2O/c1-4-13-16(18)14(20(5-2)19-13)9-15(21)11-7-6-8-12(17)10(11)3/h6-8,15,21H,4-5,9H2,1-3H3. The van der Waals surface area contributed by atoms with E-state index in [2.05, 4.69) is 21.0 Å². The fourth-order valence-electron chi connectivity index (χ4n) is 2.49. The summed E-state index contributed by atoms with van der Waals surface area (Å²) in [4.78, 5) is 0. The smallest absolute Gasteiger partial charge is 0.0851 e. The molecule has 2 aromatic rings. The van der Waals surface area contributed by atoms with E-state index in [-0.39, 0.29) is 0 Å². The van der Waals surface area contributed by atoms with Gasteiger partial charge >= 0.3 is 0 Å². The first-order valence-corrected chi connectivity index (χ1v) is 8.33. The van der Waals surface area contributed by atoms with Crippen molar-refractivity contribution in [3.8, 4) is 0 Å². The van der Waals surface area contributed by atoms with Crippen molar-refractivity contribution in [2.24, 2.45) is 0 Å². The van der Waals surface area contributed by atoms with Crippen LogP contribution in [0.25, 0.3) is 0 Å². The zero-order valence-electron chi connectivity index (χ0n) is 12.5. The minimum atomic E-state index is -0.591. The maximum atomic E-state index is 10.6. The molecule has 0 aliphatic carbocycles. The number of nitrogens with zero attached hydrogens (tertiary/aromatic N) is 2. The number of aliphatic hydroxyl groups is 1. The lowest BCUT2D eigenvalue weighted by molar-refractivity contribution is 0.174. The van der Waals surface area contributed by atoms with Crippen molar-refractivity contribution in [3.05, 3.63) is 50.2 Å². The maximum absolute atomic E-state index is 10.6. The highest BCUT2D eigenvalue weighted by atomic mass is 79.9. The van der Waals surface area contributed by atoms with Crippen LogP contribution >= 0.6 is 27.5 Å². The summed E-state index contributed by atoms with van der Waals surface area (Å²) >= 11 is 9.91. The molecule has 1 N–H and O–H groups in total. The van der Waals surface area contributed by atoms with Gasteiger partial charge in [0.05, 0.1) is 22.5 Å². The quantitative estimate of drug-likeness (QED) is 0.842. The second-order valence-electron chi connectivity index (χ2n) is 5.05. The van der Waals surface area contributed by atoms with E-state index in [1.807, 2.05) is 43.7 Å². The van der Waals surface area contributed by atoms with Crippen LogP contribution in [0.4, 0.5) is 0 Å². The lowest BCUT2D eigenvalue weighted by Crippen LogP contribution is -2.10. The van der Waals surface area contributed by atoms with Crippen molar-refractivity contribution >= 4 is 27.5 Å². The third-order valence-electron chi connectivity index (χ3n) is 3.75. The van der Waals surface area contributed by atoms with Gasteiger partial charge in [-0.3, -0.25) is 4.68 Å². The summed E-state index contributed by atoms with van der Waals surface area (Å²) < 4.78 is 2.89. The van der Waals surface area contributed by atoms with Crippen molar-refractivity contribution < 1.29 is 5.11 Å². The average molecular weight is 372 g/mol. The Hall–Kier alpha value is -0.840. The molecule has 0 saturated heterocycles. The van der Waals surface area contributed by atoms with Crippen LogP contribution in [0.15, 0.2) is 22.7 Å². The first kappa shape index (κ1) is 16.5. The van der Waals surface area contributed by atoms with Crippen LogP contribution < -0.4 is 0 Å². The van der Waals surface area contributed by atoms with Crippen molar-refractivity contribution in [3.63, 3.8) is 0 Å². The molecule has 1 atom stereocenters. The molecule has 1 heterocycles. The molecule has 0 fully saturated rings. The fourth-order valence-corrected chi connectivity index (χ4v) is 3.22. The van der Waals surface area contributed by atoms with Gasteiger partial charge < -0.3 is 5.11 Å². The van der Waals surface area contributed by atoms with E-state index in [0.29, 0.717) is 11.4 Å². The van der Waals surface area contributed by atoms with Gasteiger partial charge in [-0.15, -0.1) is 0 Å². The first-order valence-electron chi connectivity index (χ1n) is 7.16. The Morgan fingerprint density at radius 1 is 1.38 bits per heavy atom. The highest BCUT2D eigenvalue weighted by molar-refractivity contribution is 9.10. The molecule has 114 valence electrons. The van der Waals surface area contributed by atoms with Gasteiger partial charge in [0.2, 0.25) is 0 Å². The molecule has 0 bridgehead atoms. The highest BCUT2D eigenvalue weighted by Gasteiger charge is 2.20. The number of aromatic nitrogens is 2. The summed E-state index contributed by atoms with van der Waals surface area (Å²) in [6, 6.07) is 5.86. The molecule has 0 radical (unpaired) electrons. The summed E-state index contributed by atoms with van der Waals surface area (Å²) in [5, 5.41) is 15.8. The topological polar surface area (TPSA) is 38.0 Å². The van der Waals surface area contributed by atoms with Gasteiger partial charge in [0.15, 0.2) is 0 Å². The predicted octanol–water partition coefficient (Wildman–Crippen LogP) is 4.47. The summed E-state index contributed by atoms with van der Waals surface area (Å²) in [6.07, 6.45) is 0.675. The number of aliphatic hydroxyl groups excluding tert-OH is 1. The Bertz CT molecular complexity index is 639. The zero-order valence-corrected chi connectivity index (χ0v) is 14.9. The van der Waals surface area contributed by atoms with Gasteiger partial charge in [-0.25, -0.2) is 0 Å². The van der Waals surface area contributed by atoms with Crippen LogP contribution in [0.1, 0.15) is 42.5 Å². The highest BCUT2D eigenvalue weighted by Crippen LogP contribution is 2.30. The normalized spacial score (nSPS) is 12.7. The minimum absolute atomic E-state index is 0.469. The number of hydrogen-bond donors (Lipinski definition) is 1. The molecule has 0 saturated carbocycles. The molecule has 0 aliphatic rings. The van der Waals surface area contributed by atoms with E-state index in [0.717, 1.165) is 40.0 Å². The van der Waals surface area contributed by atoms with Gasteiger partial charge in [-0.05, 0) is 37.5 Å². The summed E-state index contributed by atoms with van der Waals surface area (Å²) in [5.74, 6) is 0. The molecule has 3 nitrogen and oxygen atoms in total. The molecule has 0 spiro atoms. The van der Waals surface area contributed by atoms with E-state index in [1.54, 1.807) is 0 Å².